The van der Waals surface area contributed by atoms with E-state index in [-0.39, 0.29) is 11.9 Å². The van der Waals surface area contributed by atoms with Crippen molar-refractivity contribution < 1.29 is 18.0 Å². The molecule has 11 heteroatoms. The van der Waals surface area contributed by atoms with E-state index in [0.29, 0.717) is 25.4 Å². The fraction of sp³-hybridized carbons (Fsp3) is 0.417. The molecule has 1 amide bonds. The van der Waals surface area contributed by atoms with Gasteiger partial charge in [0.1, 0.15) is 5.69 Å². The van der Waals surface area contributed by atoms with Crippen LogP contribution in [0.25, 0.3) is 5.52 Å². The highest BCUT2D eigenvalue weighted by Crippen LogP contribution is 2.29. The summed E-state index contributed by atoms with van der Waals surface area (Å²) in [5.41, 5.74) is 2.82. The zero-order valence-corrected chi connectivity index (χ0v) is 19.1. The van der Waals surface area contributed by atoms with Crippen LogP contribution in [0.2, 0.25) is 0 Å². The molecule has 5 rings (SSSR count). The maximum atomic E-state index is 12.7. The highest BCUT2D eigenvalue weighted by molar-refractivity contribution is 6.08. The maximum Gasteiger partial charge on any atom is 0.433 e. The number of fused-ring (bicyclic) bond motifs is 1. The van der Waals surface area contributed by atoms with Crippen LogP contribution in [0.3, 0.4) is 0 Å². The number of carbonyl (C=O) groups excluding carboxylic acids is 1. The van der Waals surface area contributed by atoms with Gasteiger partial charge in [-0.15, -0.1) is 0 Å². The van der Waals surface area contributed by atoms with Crippen LogP contribution in [0, 0.1) is 11.3 Å². The summed E-state index contributed by atoms with van der Waals surface area (Å²) in [5.74, 6) is 0.430. The quantitative estimate of drug-likeness (QED) is 0.578. The van der Waals surface area contributed by atoms with Gasteiger partial charge in [0.2, 0.25) is 11.9 Å². The second-order valence-corrected chi connectivity index (χ2v) is 9.17. The lowest BCUT2D eigenvalue weighted by molar-refractivity contribution is -0.141. The number of nitrogens with one attached hydrogen (secondary N) is 2. The average molecular weight is 486 g/mol. The maximum absolute atomic E-state index is 12.7. The van der Waals surface area contributed by atoms with Crippen molar-refractivity contribution in [1.82, 2.24) is 24.8 Å². The Balaban J connectivity index is 1.19. The summed E-state index contributed by atoms with van der Waals surface area (Å²) in [6, 6.07) is 6.72. The van der Waals surface area contributed by atoms with Gasteiger partial charge in [-0.1, -0.05) is 6.07 Å². The van der Waals surface area contributed by atoms with Crippen molar-refractivity contribution in [3.8, 4) is 0 Å². The molecule has 0 saturated carbocycles. The van der Waals surface area contributed by atoms with E-state index in [1.165, 1.54) is 17.8 Å². The lowest BCUT2D eigenvalue weighted by Gasteiger charge is -2.32. The zero-order chi connectivity index (χ0) is 24.6. The Morgan fingerprint density at radius 1 is 1.09 bits per heavy atom. The molecule has 5 heterocycles. The topological polar surface area (TPSA) is 89.6 Å². The highest BCUT2D eigenvalue weighted by atomic mass is 19.4. The Morgan fingerprint density at radius 3 is 2.57 bits per heavy atom. The van der Waals surface area contributed by atoms with Gasteiger partial charge in [0, 0.05) is 31.9 Å². The number of hydrogen-bond donors (Lipinski definition) is 2. The number of likely N-dealkylation sites (tertiary alicyclic amines) is 1. The van der Waals surface area contributed by atoms with E-state index in [1.54, 1.807) is 15.6 Å². The molecule has 2 fully saturated rings. The molecule has 0 radical (unpaired) electrons. The number of piperidine rings is 1. The van der Waals surface area contributed by atoms with Crippen molar-refractivity contribution in [2.45, 2.75) is 38.4 Å². The Bertz CT molecular complexity index is 1230. The monoisotopic (exact) mass is 485 g/mol. The van der Waals surface area contributed by atoms with Gasteiger partial charge in [0.25, 0.3) is 0 Å². The minimum Gasteiger partial charge on any atom is -0.309 e. The molecule has 0 bridgehead atoms. The first kappa shape index (κ1) is 23.3. The van der Waals surface area contributed by atoms with Crippen LogP contribution >= 0.6 is 0 Å². The van der Waals surface area contributed by atoms with E-state index in [9.17, 15) is 18.0 Å². The molecular weight excluding hydrogens is 459 g/mol. The Hall–Kier alpha value is -3.47. The van der Waals surface area contributed by atoms with Crippen molar-refractivity contribution in [2.24, 2.45) is 5.92 Å². The average Bonchev–Trinajstić information content (AvgIpc) is 3.23. The summed E-state index contributed by atoms with van der Waals surface area (Å²) in [4.78, 5) is 19.1. The highest BCUT2D eigenvalue weighted by Gasteiger charge is 2.32. The summed E-state index contributed by atoms with van der Waals surface area (Å²) in [6.45, 7) is 2.82. The third-order valence-electron chi connectivity index (χ3n) is 6.70. The molecule has 2 aliphatic rings. The van der Waals surface area contributed by atoms with E-state index in [1.807, 2.05) is 6.20 Å². The van der Waals surface area contributed by atoms with Gasteiger partial charge in [-0.3, -0.25) is 25.4 Å². The number of rotatable bonds is 5. The number of guanidine groups is 1. The first-order valence-electron chi connectivity index (χ1n) is 11.6. The van der Waals surface area contributed by atoms with E-state index in [0.717, 1.165) is 55.2 Å². The second-order valence-electron chi connectivity index (χ2n) is 9.17. The molecule has 2 saturated heterocycles. The van der Waals surface area contributed by atoms with Gasteiger partial charge >= 0.3 is 6.18 Å². The van der Waals surface area contributed by atoms with Crippen LogP contribution < -0.4 is 10.2 Å². The lowest BCUT2D eigenvalue weighted by atomic mass is 9.90. The smallest absolute Gasteiger partial charge is 0.309 e. The fourth-order valence-corrected chi connectivity index (χ4v) is 4.80. The van der Waals surface area contributed by atoms with Crippen LogP contribution in [-0.4, -0.2) is 51.0 Å². The molecule has 0 atom stereocenters. The van der Waals surface area contributed by atoms with Crippen molar-refractivity contribution in [3.63, 3.8) is 0 Å². The fourth-order valence-electron chi connectivity index (χ4n) is 4.80. The number of anilines is 1. The number of nitrogens with zero attached hydrogens (tertiary/aromatic N) is 5. The molecule has 3 aromatic heterocycles. The number of aromatic nitrogens is 3. The van der Waals surface area contributed by atoms with E-state index < -0.39 is 11.9 Å². The molecule has 0 unspecified atom stereocenters. The number of hydrogen-bond acceptors (Lipinski definition) is 5. The van der Waals surface area contributed by atoms with Crippen LogP contribution in [0.15, 0.2) is 42.9 Å². The normalized spacial score (nSPS) is 18.3. The van der Waals surface area contributed by atoms with Crippen molar-refractivity contribution in [3.05, 3.63) is 59.7 Å². The van der Waals surface area contributed by atoms with Crippen LogP contribution in [0.5, 0.6) is 0 Å². The number of halogens is 3. The number of carbonyl (C=O) groups is 1. The largest absolute Gasteiger partial charge is 0.433 e. The molecule has 3 aromatic rings. The van der Waals surface area contributed by atoms with Crippen LogP contribution in [0.4, 0.5) is 18.9 Å². The molecule has 0 aromatic carbocycles. The summed E-state index contributed by atoms with van der Waals surface area (Å²) >= 11 is 0. The zero-order valence-electron chi connectivity index (χ0n) is 19.1. The summed E-state index contributed by atoms with van der Waals surface area (Å²) in [6.07, 6.45) is 3.82. The number of alkyl halides is 3. The summed E-state index contributed by atoms with van der Waals surface area (Å²) < 4.78 is 39.9. The predicted octanol–water partition coefficient (Wildman–Crippen LogP) is 3.46. The Labute approximate surface area is 200 Å². The molecule has 184 valence electrons. The summed E-state index contributed by atoms with van der Waals surface area (Å²) in [5, 5.41) is 15.1. The van der Waals surface area contributed by atoms with Crippen LogP contribution in [-0.2, 0) is 23.9 Å². The SMILES string of the molecule is N=C1NC(=O)CCN1c1cnn2ccc(CC3CCN(Cc4ccc(C(F)(F)F)nc4)CC3)cc12. The van der Waals surface area contributed by atoms with Crippen LogP contribution in [0.1, 0.15) is 36.1 Å². The van der Waals surface area contributed by atoms with Gasteiger partial charge < -0.3 is 4.90 Å². The summed E-state index contributed by atoms with van der Waals surface area (Å²) in [7, 11) is 0. The minimum atomic E-state index is -4.41. The molecule has 35 heavy (non-hydrogen) atoms. The predicted molar refractivity (Wildman–Crippen MR) is 124 cm³/mol. The third-order valence-corrected chi connectivity index (χ3v) is 6.70. The van der Waals surface area contributed by atoms with Gasteiger partial charge in [0.05, 0.1) is 17.4 Å². The van der Waals surface area contributed by atoms with Gasteiger partial charge in [-0.25, -0.2) is 4.52 Å². The van der Waals surface area contributed by atoms with Crippen molar-refractivity contribution in [2.75, 3.05) is 24.5 Å². The molecule has 2 aliphatic heterocycles. The van der Waals surface area contributed by atoms with Gasteiger partial charge in [-0.05, 0) is 67.6 Å². The van der Waals surface area contributed by atoms with E-state index >= 15 is 0 Å². The van der Waals surface area contributed by atoms with Crippen molar-refractivity contribution >= 4 is 23.1 Å². The molecule has 2 N–H and O–H groups in total. The lowest BCUT2D eigenvalue weighted by Crippen LogP contribution is -2.50. The number of pyridine rings is 2. The molecule has 0 spiro atoms. The molecular formula is C24H26F3N7O. The van der Waals surface area contributed by atoms with Crippen molar-refractivity contribution in [1.29, 1.82) is 5.41 Å². The first-order valence-corrected chi connectivity index (χ1v) is 11.6. The van der Waals surface area contributed by atoms with E-state index in [4.69, 9.17) is 5.41 Å². The van der Waals surface area contributed by atoms with E-state index in [2.05, 4.69) is 32.4 Å². The standard InChI is InChI=1S/C24H26F3N7O/c25-24(26,27)21-2-1-18(13-29-21)15-32-7-3-16(4-8-32)11-17-5-10-34-19(12-17)20(14-30-34)33-9-6-22(35)31-23(33)28/h1-2,5,10,12-14,16H,3-4,6-9,11,15H2,(H2,28,31,35). The second kappa shape index (κ2) is 9.29. The Kier molecular flexibility index (Phi) is 6.18. The third kappa shape index (κ3) is 5.14. The minimum absolute atomic E-state index is 0.0668. The number of amides is 1. The van der Waals surface area contributed by atoms with Gasteiger partial charge in [0.15, 0.2) is 0 Å². The molecule has 0 aliphatic carbocycles. The van der Waals surface area contributed by atoms with Gasteiger partial charge in [-0.2, -0.15) is 18.3 Å². The Morgan fingerprint density at radius 2 is 1.89 bits per heavy atom. The first-order chi connectivity index (χ1) is 16.8. The molecule has 8 nitrogen and oxygen atoms in total.